The zero-order valence-electron chi connectivity index (χ0n) is 11.5. The summed E-state index contributed by atoms with van der Waals surface area (Å²) in [6, 6.07) is 9.43. The van der Waals surface area contributed by atoms with Gasteiger partial charge in [0.05, 0.1) is 7.11 Å². The second kappa shape index (κ2) is 7.18. The molecule has 0 radical (unpaired) electrons. The highest BCUT2D eigenvalue weighted by Crippen LogP contribution is 2.14. The summed E-state index contributed by atoms with van der Waals surface area (Å²) in [7, 11) is 1.64. The third-order valence-corrected chi connectivity index (χ3v) is 2.75. The number of nitrogens with two attached hydrogens (primary N) is 1. The number of aliphatic imine (C=N–C) groups is 1. The van der Waals surface area contributed by atoms with Crippen LogP contribution in [0.4, 0.5) is 5.69 Å². The standard InChI is InChI=1S/C14H19N5O/c1-20-13-6-4-12(5-7-13)18-14(15)16-8-2-10-19-11-3-9-17-19/h3-7,9,11H,2,8,10H2,1H3,(H3,15,16,18). The molecular weight excluding hydrogens is 254 g/mol. The molecule has 0 aliphatic carbocycles. The first-order valence-corrected chi connectivity index (χ1v) is 6.46. The number of nitrogens with one attached hydrogen (secondary N) is 1. The largest absolute Gasteiger partial charge is 0.497 e. The minimum absolute atomic E-state index is 0.413. The normalized spacial score (nSPS) is 11.3. The van der Waals surface area contributed by atoms with Gasteiger partial charge >= 0.3 is 0 Å². The number of rotatable bonds is 6. The fourth-order valence-electron chi connectivity index (χ4n) is 1.73. The molecule has 1 aromatic heterocycles. The van der Waals surface area contributed by atoms with Crippen LogP contribution in [-0.4, -0.2) is 29.4 Å². The predicted octanol–water partition coefficient (Wildman–Crippen LogP) is 1.71. The van der Waals surface area contributed by atoms with E-state index in [0.29, 0.717) is 12.5 Å². The highest BCUT2D eigenvalue weighted by atomic mass is 16.5. The molecule has 0 amide bonds. The molecular formula is C14H19N5O. The maximum atomic E-state index is 5.82. The quantitative estimate of drug-likeness (QED) is 0.477. The number of benzene rings is 1. The van der Waals surface area contributed by atoms with Gasteiger partial charge < -0.3 is 15.8 Å². The second-order valence-corrected chi connectivity index (χ2v) is 4.24. The van der Waals surface area contributed by atoms with Crippen LogP contribution in [-0.2, 0) is 6.54 Å². The van der Waals surface area contributed by atoms with E-state index in [9.17, 15) is 0 Å². The molecule has 1 aromatic carbocycles. The van der Waals surface area contributed by atoms with Gasteiger partial charge in [0.25, 0.3) is 0 Å². The van der Waals surface area contributed by atoms with E-state index in [0.717, 1.165) is 24.4 Å². The lowest BCUT2D eigenvalue weighted by Gasteiger charge is -2.06. The number of aromatic nitrogens is 2. The maximum absolute atomic E-state index is 5.82. The van der Waals surface area contributed by atoms with Gasteiger partial charge in [0, 0.05) is 31.2 Å². The Hall–Kier alpha value is -2.50. The summed E-state index contributed by atoms with van der Waals surface area (Å²) < 4.78 is 6.97. The first-order valence-electron chi connectivity index (χ1n) is 6.46. The Kier molecular flexibility index (Phi) is 5.00. The first-order chi connectivity index (χ1) is 9.78. The van der Waals surface area contributed by atoms with Gasteiger partial charge in [-0.15, -0.1) is 0 Å². The Morgan fingerprint density at radius 3 is 2.85 bits per heavy atom. The van der Waals surface area contributed by atoms with Gasteiger partial charge in [0.1, 0.15) is 5.75 Å². The molecule has 0 aliphatic heterocycles. The summed E-state index contributed by atoms with van der Waals surface area (Å²) in [5, 5.41) is 7.16. The number of hydrogen-bond acceptors (Lipinski definition) is 3. The topological polar surface area (TPSA) is 77.5 Å². The molecule has 0 atom stereocenters. The molecule has 6 heteroatoms. The fraction of sp³-hybridized carbons (Fsp3) is 0.286. The van der Waals surface area contributed by atoms with Crippen molar-refractivity contribution in [1.82, 2.24) is 9.78 Å². The molecule has 3 N–H and O–H groups in total. The van der Waals surface area contributed by atoms with Crippen molar-refractivity contribution in [2.45, 2.75) is 13.0 Å². The Labute approximate surface area is 118 Å². The van der Waals surface area contributed by atoms with Crippen LogP contribution in [0.5, 0.6) is 5.75 Å². The highest BCUT2D eigenvalue weighted by Gasteiger charge is 1.96. The summed E-state index contributed by atoms with van der Waals surface area (Å²) >= 11 is 0. The van der Waals surface area contributed by atoms with Crippen molar-refractivity contribution in [3.05, 3.63) is 42.7 Å². The number of hydrogen-bond donors (Lipinski definition) is 2. The molecule has 0 spiro atoms. The van der Waals surface area contributed by atoms with Crippen molar-refractivity contribution >= 4 is 11.6 Å². The van der Waals surface area contributed by atoms with E-state index < -0.39 is 0 Å². The summed E-state index contributed by atoms with van der Waals surface area (Å²) in [5.74, 6) is 1.22. The fourth-order valence-corrected chi connectivity index (χ4v) is 1.73. The van der Waals surface area contributed by atoms with Gasteiger partial charge in [-0.1, -0.05) is 0 Å². The smallest absolute Gasteiger partial charge is 0.193 e. The molecule has 0 fully saturated rings. The second-order valence-electron chi connectivity index (χ2n) is 4.24. The van der Waals surface area contributed by atoms with E-state index in [-0.39, 0.29) is 0 Å². The monoisotopic (exact) mass is 273 g/mol. The first kappa shape index (κ1) is 13.9. The third-order valence-electron chi connectivity index (χ3n) is 2.75. The van der Waals surface area contributed by atoms with Crippen molar-refractivity contribution < 1.29 is 4.74 Å². The SMILES string of the molecule is COc1ccc(NC(N)=NCCCn2cccn2)cc1. The van der Waals surface area contributed by atoms with Gasteiger partial charge in [-0.2, -0.15) is 5.10 Å². The zero-order valence-corrected chi connectivity index (χ0v) is 11.5. The average molecular weight is 273 g/mol. The number of guanidine groups is 1. The Morgan fingerprint density at radius 1 is 1.40 bits per heavy atom. The number of methoxy groups -OCH3 is 1. The Morgan fingerprint density at radius 2 is 2.20 bits per heavy atom. The lowest BCUT2D eigenvalue weighted by Crippen LogP contribution is -2.22. The van der Waals surface area contributed by atoms with E-state index in [4.69, 9.17) is 10.5 Å². The Bertz CT molecular complexity index is 533. The molecule has 106 valence electrons. The lowest BCUT2D eigenvalue weighted by molar-refractivity contribution is 0.415. The zero-order chi connectivity index (χ0) is 14.2. The summed E-state index contributed by atoms with van der Waals surface area (Å²) in [6.07, 6.45) is 4.60. The molecule has 0 saturated heterocycles. The summed E-state index contributed by atoms with van der Waals surface area (Å²) in [5.41, 5.74) is 6.71. The number of anilines is 1. The number of ether oxygens (including phenoxy) is 1. The van der Waals surface area contributed by atoms with Crippen LogP contribution >= 0.6 is 0 Å². The van der Waals surface area contributed by atoms with E-state index in [1.54, 1.807) is 13.3 Å². The van der Waals surface area contributed by atoms with E-state index >= 15 is 0 Å². The molecule has 0 aliphatic rings. The van der Waals surface area contributed by atoms with Crippen molar-refractivity contribution in [3.63, 3.8) is 0 Å². The molecule has 0 unspecified atom stereocenters. The number of aryl methyl sites for hydroxylation is 1. The Balaban J connectivity index is 1.75. The third kappa shape index (κ3) is 4.31. The van der Waals surface area contributed by atoms with E-state index in [1.165, 1.54) is 0 Å². The van der Waals surface area contributed by atoms with Crippen molar-refractivity contribution in [1.29, 1.82) is 0 Å². The summed E-state index contributed by atoms with van der Waals surface area (Å²) in [4.78, 5) is 4.27. The summed E-state index contributed by atoms with van der Waals surface area (Å²) in [6.45, 7) is 1.50. The molecule has 2 rings (SSSR count). The van der Waals surface area contributed by atoms with Crippen LogP contribution < -0.4 is 15.8 Å². The van der Waals surface area contributed by atoms with Crippen LogP contribution in [0.3, 0.4) is 0 Å². The van der Waals surface area contributed by atoms with Crippen molar-refractivity contribution in [2.75, 3.05) is 19.0 Å². The van der Waals surface area contributed by atoms with Gasteiger partial charge in [-0.3, -0.25) is 9.67 Å². The van der Waals surface area contributed by atoms with Crippen LogP contribution in [0.25, 0.3) is 0 Å². The molecule has 1 heterocycles. The molecule has 0 bridgehead atoms. The number of nitrogens with zero attached hydrogens (tertiary/aromatic N) is 3. The minimum atomic E-state index is 0.413. The van der Waals surface area contributed by atoms with Crippen LogP contribution in [0.15, 0.2) is 47.7 Å². The van der Waals surface area contributed by atoms with Crippen molar-refractivity contribution in [3.8, 4) is 5.75 Å². The maximum Gasteiger partial charge on any atom is 0.193 e. The molecule has 6 nitrogen and oxygen atoms in total. The van der Waals surface area contributed by atoms with Gasteiger partial charge in [-0.05, 0) is 36.8 Å². The predicted molar refractivity (Wildman–Crippen MR) is 80.0 cm³/mol. The van der Waals surface area contributed by atoms with Crippen LogP contribution in [0, 0.1) is 0 Å². The van der Waals surface area contributed by atoms with E-state index in [1.807, 2.05) is 41.2 Å². The molecule has 20 heavy (non-hydrogen) atoms. The van der Waals surface area contributed by atoms with Crippen LogP contribution in [0.2, 0.25) is 0 Å². The van der Waals surface area contributed by atoms with E-state index in [2.05, 4.69) is 15.4 Å². The highest BCUT2D eigenvalue weighted by molar-refractivity contribution is 5.92. The average Bonchev–Trinajstić information content (AvgIpc) is 2.98. The molecule has 2 aromatic rings. The minimum Gasteiger partial charge on any atom is -0.497 e. The lowest BCUT2D eigenvalue weighted by atomic mass is 10.3. The van der Waals surface area contributed by atoms with Gasteiger partial charge in [0.2, 0.25) is 0 Å². The van der Waals surface area contributed by atoms with Crippen LogP contribution in [0.1, 0.15) is 6.42 Å². The molecule has 0 saturated carbocycles. The van der Waals surface area contributed by atoms with Gasteiger partial charge in [0.15, 0.2) is 5.96 Å². The van der Waals surface area contributed by atoms with Gasteiger partial charge in [-0.25, -0.2) is 0 Å². The van der Waals surface area contributed by atoms with Crippen molar-refractivity contribution in [2.24, 2.45) is 10.7 Å².